The summed E-state index contributed by atoms with van der Waals surface area (Å²) < 4.78 is 15.9. The van der Waals surface area contributed by atoms with Gasteiger partial charge in [-0.05, 0) is 94.5 Å². The second-order valence-electron chi connectivity index (χ2n) is 9.93. The summed E-state index contributed by atoms with van der Waals surface area (Å²) in [7, 11) is 1.70. The lowest BCUT2D eigenvalue weighted by molar-refractivity contribution is -0.605. The van der Waals surface area contributed by atoms with Crippen molar-refractivity contribution < 1.29 is 14.0 Å². The first kappa shape index (κ1) is 26.3. The molecule has 0 amide bonds. The highest BCUT2D eigenvalue weighted by Crippen LogP contribution is 2.32. The van der Waals surface area contributed by atoms with Crippen LogP contribution in [0.2, 0.25) is 0 Å². The molecule has 4 nitrogen and oxygen atoms in total. The highest BCUT2D eigenvalue weighted by Gasteiger charge is 2.32. The number of aromatic nitrogens is 2. The van der Waals surface area contributed by atoms with Gasteiger partial charge in [-0.3, -0.25) is 0 Å². The van der Waals surface area contributed by atoms with Crippen molar-refractivity contribution in [2.24, 2.45) is 0 Å². The molecule has 0 bridgehead atoms. The van der Waals surface area contributed by atoms with Crippen molar-refractivity contribution in [3.63, 3.8) is 0 Å². The summed E-state index contributed by atoms with van der Waals surface area (Å²) in [5, 5.41) is 0. The molecule has 1 heterocycles. The molecule has 0 saturated heterocycles. The minimum absolute atomic E-state index is 0.0623. The van der Waals surface area contributed by atoms with Gasteiger partial charge < -0.3 is 9.47 Å². The van der Waals surface area contributed by atoms with E-state index >= 15 is 0 Å². The Balaban J connectivity index is 2.06. The number of imidazole rings is 1. The standard InChI is InChI=1S/C33H39N2O2/c1-9-37-17-14-30(28-10-12-29(36-8)13-11-28)33-34(31-24(4)18-22(2)19-25(31)5)15-16-35(33)32-26(6)20-23(3)21-27(32)7/h10-21,30H,9H2,1-8H3/q+1/b17-14-. The first-order valence-electron chi connectivity index (χ1n) is 13.0. The van der Waals surface area contributed by atoms with Crippen molar-refractivity contribution in [1.29, 1.82) is 0 Å². The predicted octanol–water partition coefficient (Wildman–Crippen LogP) is 7.30. The molecule has 0 spiro atoms. The molecule has 0 aliphatic heterocycles. The van der Waals surface area contributed by atoms with E-state index in [2.05, 4.69) is 106 Å². The summed E-state index contributed by atoms with van der Waals surface area (Å²) in [5.41, 5.74) is 11.1. The minimum atomic E-state index is -0.0623. The molecule has 4 rings (SSSR count). The Bertz CT molecular complexity index is 1310. The third-order valence-electron chi connectivity index (χ3n) is 6.90. The Morgan fingerprint density at radius 2 is 1.41 bits per heavy atom. The molecule has 4 aromatic rings. The van der Waals surface area contributed by atoms with Gasteiger partial charge >= 0.3 is 0 Å². The lowest BCUT2D eigenvalue weighted by atomic mass is 9.96. The zero-order valence-electron chi connectivity index (χ0n) is 23.4. The van der Waals surface area contributed by atoms with Gasteiger partial charge in [0.1, 0.15) is 35.4 Å². The van der Waals surface area contributed by atoms with Crippen molar-refractivity contribution in [3.8, 4) is 17.1 Å². The smallest absolute Gasteiger partial charge is 0.278 e. The molecule has 0 N–H and O–H groups in total. The molecule has 0 fully saturated rings. The van der Waals surface area contributed by atoms with Crippen molar-refractivity contribution >= 4 is 0 Å². The third kappa shape index (κ3) is 5.34. The number of aryl methyl sites for hydroxylation is 6. The molecule has 1 aromatic heterocycles. The number of hydrogen-bond donors (Lipinski definition) is 0. The third-order valence-corrected chi connectivity index (χ3v) is 6.90. The molecule has 0 aliphatic rings. The Morgan fingerprint density at radius 1 is 0.838 bits per heavy atom. The van der Waals surface area contributed by atoms with Gasteiger partial charge in [0.05, 0.1) is 20.0 Å². The number of methoxy groups -OCH3 is 1. The number of benzene rings is 3. The largest absolute Gasteiger partial charge is 0.502 e. The number of hydrogen-bond acceptors (Lipinski definition) is 2. The van der Waals surface area contributed by atoms with E-state index in [0.717, 1.165) is 17.1 Å². The van der Waals surface area contributed by atoms with E-state index in [1.807, 2.05) is 25.3 Å². The van der Waals surface area contributed by atoms with E-state index in [0.29, 0.717) is 6.61 Å². The van der Waals surface area contributed by atoms with Crippen LogP contribution in [0.4, 0.5) is 0 Å². The van der Waals surface area contributed by atoms with E-state index in [1.54, 1.807) is 7.11 Å². The highest BCUT2D eigenvalue weighted by molar-refractivity contribution is 5.51. The minimum Gasteiger partial charge on any atom is -0.502 e. The van der Waals surface area contributed by atoms with Gasteiger partial charge in [0, 0.05) is 0 Å². The van der Waals surface area contributed by atoms with Crippen LogP contribution in [-0.2, 0) is 4.74 Å². The Hall–Kier alpha value is -3.79. The second-order valence-corrected chi connectivity index (χ2v) is 9.93. The number of ether oxygens (including phenoxy) is 2. The topological polar surface area (TPSA) is 27.3 Å². The lowest BCUT2D eigenvalue weighted by Crippen LogP contribution is -2.38. The molecule has 0 radical (unpaired) electrons. The fourth-order valence-electron chi connectivity index (χ4n) is 5.57. The van der Waals surface area contributed by atoms with Gasteiger partial charge in [-0.15, -0.1) is 0 Å². The Kier molecular flexibility index (Phi) is 7.87. The average molecular weight is 496 g/mol. The van der Waals surface area contributed by atoms with Crippen LogP contribution in [0, 0.1) is 41.5 Å². The maximum atomic E-state index is 5.72. The molecule has 1 unspecified atom stereocenters. The summed E-state index contributed by atoms with van der Waals surface area (Å²) in [6.45, 7) is 15.7. The molecular weight excluding hydrogens is 456 g/mol. The number of nitrogens with zero attached hydrogens (tertiary/aromatic N) is 2. The normalized spacial score (nSPS) is 12.2. The van der Waals surface area contributed by atoms with E-state index in [4.69, 9.17) is 9.47 Å². The SMILES string of the molecule is CCO/C=C\C(c1ccc(OC)cc1)c1n(-c2c(C)cc(C)cc2C)cc[n+]1-c1c(C)cc(C)cc1C. The highest BCUT2D eigenvalue weighted by atomic mass is 16.5. The van der Waals surface area contributed by atoms with Gasteiger partial charge in [-0.25, -0.2) is 0 Å². The van der Waals surface area contributed by atoms with Crippen LogP contribution in [0.15, 0.2) is 73.3 Å². The summed E-state index contributed by atoms with van der Waals surface area (Å²) in [5.74, 6) is 1.92. The average Bonchev–Trinajstić information content (AvgIpc) is 3.24. The van der Waals surface area contributed by atoms with Crippen LogP contribution < -0.4 is 9.30 Å². The molecule has 3 aromatic carbocycles. The van der Waals surface area contributed by atoms with Crippen molar-refractivity contribution in [2.45, 2.75) is 54.4 Å². The van der Waals surface area contributed by atoms with Crippen LogP contribution in [0.5, 0.6) is 5.75 Å². The molecule has 1 atom stereocenters. The maximum Gasteiger partial charge on any atom is 0.278 e. The van der Waals surface area contributed by atoms with E-state index < -0.39 is 0 Å². The summed E-state index contributed by atoms with van der Waals surface area (Å²) in [6, 6.07) is 17.4. The molecular formula is C33H39N2O2+. The zero-order chi connectivity index (χ0) is 26.7. The van der Waals surface area contributed by atoms with Gasteiger partial charge in [0.2, 0.25) is 0 Å². The van der Waals surface area contributed by atoms with Gasteiger partial charge in [-0.2, -0.15) is 9.13 Å². The molecule has 192 valence electrons. The summed E-state index contributed by atoms with van der Waals surface area (Å²) in [4.78, 5) is 0. The molecule has 4 heteroatoms. The Morgan fingerprint density at radius 3 is 1.95 bits per heavy atom. The fourth-order valence-corrected chi connectivity index (χ4v) is 5.57. The summed E-state index contributed by atoms with van der Waals surface area (Å²) in [6.07, 6.45) is 8.39. The molecule has 37 heavy (non-hydrogen) atoms. The van der Waals surface area contributed by atoms with Crippen LogP contribution >= 0.6 is 0 Å². The van der Waals surface area contributed by atoms with Crippen molar-refractivity contribution in [3.05, 3.63) is 118 Å². The lowest BCUT2D eigenvalue weighted by Gasteiger charge is -2.18. The van der Waals surface area contributed by atoms with Gasteiger partial charge in [0.25, 0.3) is 5.82 Å². The van der Waals surface area contributed by atoms with Gasteiger partial charge in [0.15, 0.2) is 0 Å². The zero-order valence-corrected chi connectivity index (χ0v) is 23.4. The quantitative estimate of drug-likeness (QED) is 0.189. The monoisotopic (exact) mass is 495 g/mol. The van der Waals surface area contributed by atoms with E-state index in [-0.39, 0.29) is 5.92 Å². The van der Waals surface area contributed by atoms with Gasteiger partial charge in [-0.1, -0.05) is 47.5 Å². The first-order valence-corrected chi connectivity index (χ1v) is 13.0. The van der Waals surface area contributed by atoms with Crippen LogP contribution in [0.1, 0.15) is 57.6 Å². The fraction of sp³-hybridized carbons (Fsp3) is 0.303. The van der Waals surface area contributed by atoms with Crippen LogP contribution in [-0.4, -0.2) is 18.3 Å². The van der Waals surface area contributed by atoms with Crippen LogP contribution in [0.3, 0.4) is 0 Å². The maximum absolute atomic E-state index is 5.72. The van der Waals surface area contributed by atoms with E-state index in [9.17, 15) is 0 Å². The molecule has 0 saturated carbocycles. The second kappa shape index (κ2) is 11.1. The number of rotatable bonds is 8. The molecule has 0 aliphatic carbocycles. The Labute approximate surface area is 221 Å². The first-order chi connectivity index (χ1) is 17.7. The number of allylic oxidation sites excluding steroid dienone is 1. The van der Waals surface area contributed by atoms with Crippen molar-refractivity contribution in [1.82, 2.24) is 4.57 Å². The van der Waals surface area contributed by atoms with E-state index in [1.165, 1.54) is 44.8 Å². The van der Waals surface area contributed by atoms with Crippen LogP contribution in [0.25, 0.3) is 11.4 Å². The predicted molar refractivity (Wildman–Crippen MR) is 151 cm³/mol. The van der Waals surface area contributed by atoms with Crippen molar-refractivity contribution in [2.75, 3.05) is 13.7 Å². The summed E-state index contributed by atoms with van der Waals surface area (Å²) >= 11 is 0.